The van der Waals surface area contributed by atoms with Gasteiger partial charge in [0.15, 0.2) is 11.2 Å². The lowest BCUT2D eigenvalue weighted by Crippen LogP contribution is -2.49. The maximum Gasteiger partial charge on any atom is 0.407 e. The Morgan fingerprint density at radius 2 is 1.86 bits per heavy atom. The Kier molecular flexibility index (Phi) is 4.80. The minimum atomic E-state index is -1.40. The molecule has 0 aliphatic heterocycles. The van der Waals surface area contributed by atoms with Gasteiger partial charge >= 0.3 is 12.1 Å². The van der Waals surface area contributed by atoms with Gasteiger partial charge < -0.3 is 14.8 Å². The maximum atomic E-state index is 12.5. The SMILES string of the molecule is COC(=O)NC(c1ccccc1)[C@@]1(C(=O)OC)CCCC1=O. The average molecular weight is 305 g/mol. The van der Waals surface area contributed by atoms with Crippen molar-refractivity contribution in [2.75, 3.05) is 14.2 Å². The summed E-state index contributed by atoms with van der Waals surface area (Å²) in [6, 6.07) is 8.09. The van der Waals surface area contributed by atoms with Gasteiger partial charge in [0, 0.05) is 6.42 Å². The second-order valence-corrected chi connectivity index (χ2v) is 5.22. The molecule has 1 saturated carbocycles. The second-order valence-electron chi connectivity index (χ2n) is 5.22. The molecule has 1 fully saturated rings. The number of esters is 1. The minimum Gasteiger partial charge on any atom is -0.468 e. The van der Waals surface area contributed by atoms with Crippen LogP contribution < -0.4 is 5.32 Å². The molecule has 2 rings (SSSR count). The van der Waals surface area contributed by atoms with Crippen molar-refractivity contribution in [2.45, 2.75) is 25.3 Å². The number of ether oxygens (including phenoxy) is 2. The molecule has 1 aliphatic carbocycles. The molecule has 1 amide bonds. The molecule has 0 bridgehead atoms. The zero-order valence-electron chi connectivity index (χ0n) is 12.6. The van der Waals surface area contributed by atoms with Gasteiger partial charge in [-0.25, -0.2) is 4.79 Å². The topological polar surface area (TPSA) is 81.7 Å². The molecular formula is C16H19NO5. The highest BCUT2D eigenvalue weighted by Gasteiger charge is 2.56. The number of carbonyl (C=O) groups excluding carboxylic acids is 3. The lowest BCUT2D eigenvalue weighted by molar-refractivity contribution is -0.158. The molecule has 0 radical (unpaired) electrons. The fraction of sp³-hybridized carbons (Fsp3) is 0.438. The van der Waals surface area contributed by atoms with E-state index in [9.17, 15) is 14.4 Å². The summed E-state index contributed by atoms with van der Waals surface area (Å²) < 4.78 is 9.52. The molecule has 6 nitrogen and oxygen atoms in total. The Bertz CT molecular complexity index is 571. The lowest BCUT2D eigenvalue weighted by atomic mass is 9.74. The number of methoxy groups -OCH3 is 2. The molecule has 118 valence electrons. The van der Waals surface area contributed by atoms with E-state index < -0.39 is 23.5 Å². The smallest absolute Gasteiger partial charge is 0.407 e. The highest BCUT2D eigenvalue weighted by Crippen LogP contribution is 2.46. The number of alkyl carbamates (subject to hydrolysis) is 1. The number of Topliss-reactive ketones (excluding diaryl/α,β-unsaturated/α-hetero) is 1. The summed E-state index contributed by atoms with van der Waals surface area (Å²) >= 11 is 0. The molecule has 2 atom stereocenters. The van der Waals surface area contributed by atoms with Crippen molar-refractivity contribution in [2.24, 2.45) is 5.41 Å². The van der Waals surface area contributed by atoms with E-state index in [1.807, 2.05) is 6.07 Å². The van der Waals surface area contributed by atoms with Gasteiger partial charge in [-0.15, -0.1) is 0 Å². The van der Waals surface area contributed by atoms with Crippen LogP contribution >= 0.6 is 0 Å². The Balaban J connectivity index is 2.51. The molecule has 1 aromatic rings. The molecule has 1 N–H and O–H groups in total. The Hall–Kier alpha value is -2.37. The number of amides is 1. The lowest BCUT2D eigenvalue weighted by Gasteiger charge is -2.33. The van der Waals surface area contributed by atoms with Crippen molar-refractivity contribution in [1.82, 2.24) is 5.32 Å². The molecule has 1 aromatic carbocycles. The van der Waals surface area contributed by atoms with Crippen molar-refractivity contribution < 1.29 is 23.9 Å². The van der Waals surface area contributed by atoms with Crippen LogP contribution in [0.25, 0.3) is 0 Å². The third-order valence-corrected chi connectivity index (χ3v) is 4.10. The second kappa shape index (κ2) is 6.60. The predicted molar refractivity (Wildman–Crippen MR) is 78.0 cm³/mol. The number of hydrogen-bond donors (Lipinski definition) is 1. The number of ketones is 1. The molecule has 0 heterocycles. The summed E-state index contributed by atoms with van der Waals surface area (Å²) in [7, 11) is 2.48. The van der Waals surface area contributed by atoms with E-state index in [-0.39, 0.29) is 5.78 Å². The van der Waals surface area contributed by atoms with Crippen LogP contribution in [-0.4, -0.2) is 32.1 Å². The standard InChI is InChI=1S/C16H19NO5/c1-21-14(19)16(10-6-9-12(16)18)13(17-15(20)22-2)11-7-4-3-5-8-11/h3-5,7-8,13H,6,9-10H2,1-2H3,(H,17,20)/t13?,16-/m1/s1. The van der Waals surface area contributed by atoms with E-state index >= 15 is 0 Å². The average Bonchev–Trinajstić information content (AvgIpc) is 2.94. The molecule has 0 aromatic heterocycles. The quantitative estimate of drug-likeness (QED) is 0.679. The zero-order valence-corrected chi connectivity index (χ0v) is 12.6. The Labute approximate surface area is 128 Å². The Morgan fingerprint density at radius 1 is 1.18 bits per heavy atom. The van der Waals surface area contributed by atoms with E-state index in [0.717, 1.165) is 0 Å². The van der Waals surface area contributed by atoms with Crippen molar-refractivity contribution in [1.29, 1.82) is 0 Å². The Morgan fingerprint density at radius 3 is 2.36 bits per heavy atom. The van der Waals surface area contributed by atoms with Crippen LogP contribution in [0.3, 0.4) is 0 Å². The van der Waals surface area contributed by atoms with E-state index in [0.29, 0.717) is 24.8 Å². The first-order chi connectivity index (χ1) is 10.6. The van der Waals surface area contributed by atoms with Crippen molar-refractivity contribution in [3.63, 3.8) is 0 Å². The predicted octanol–water partition coefficient (Wildman–Crippen LogP) is 2.00. The van der Waals surface area contributed by atoms with E-state index in [1.54, 1.807) is 24.3 Å². The van der Waals surface area contributed by atoms with E-state index in [4.69, 9.17) is 4.74 Å². The third kappa shape index (κ3) is 2.68. The van der Waals surface area contributed by atoms with Crippen LogP contribution in [0.1, 0.15) is 30.9 Å². The molecule has 6 heteroatoms. The zero-order chi connectivity index (χ0) is 16.2. The summed E-state index contributed by atoms with van der Waals surface area (Å²) in [5.74, 6) is -0.843. The minimum absolute atomic E-state index is 0.218. The molecule has 0 spiro atoms. The highest BCUT2D eigenvalue weighted by atomic mass is 16.5. The molecule has 1 aliphatic rings. The maximum absolute atomic E-state index is 12.5. The summed E-state index contributed by atoms with van der Waals surface area (Å²) in [5, 5.41) is 2.63. The third-order valence-electron chi connectivity index (χ3n) is 4.10. The summed E-state index contributed by atoms with van der Waals surface area (Å²) in [4.78, 5) is 36.6. The first-order valence-corrected chi connectivity index (χ1v) is 7.07. The number of carbonyl (C=O) groups is 3. The van der Waals surface area contributed by atoms with Gasteiger partial charge in [0.25, 0.3) is 0 Å². The first kappa shape index (κ1) is 16.0. The van der Waals surface area contributed by atoms with Gasteiger partial charge in [-0.05, 0) is 18.4 Å². The fourth-order valence-corrected chi connectivity index (χ4v) is 3.02. The molecule has 22 heavy (non-hydrogen) atoms. The molecule has 1 unspecified atom stereocenters. The van der Waals surface area contributed by atoms with Crippen LogP contribution in [0.5, 0.6) is 0 Å². The summed E-state index contributed by atoms with van der Waals surface area (Å²) in [6.07, 6.45) is 0.514. The van der Waals surface area contributed by atoms with Gasteiger partial charge in [-0.3, -0.25) is 9.59 Å². The van der Waals surface area contributed by atoms with Crippen molar-refractivity contribution in [3.05, 3.63) is 35.9 Å². The number of benzene rings is 1. The van der Waals surface area contributed by atoms with Crippen LogP contribution in [0.15, 0.2) is 30.3 Å². The van der Waals surface area contributed by atoms with Gasteiger partial charge in [0.05, 0.1) is 20.3 Å². The van der Waals surface area contributed by atoms with Crippen LogP contribution in [0.2, 0.25) is 0 Å². The number of nitrogens with one attached hydrogen (secondary N) is 1. The number of rotatable bonds is 4. The van der Waals surface area contributed by atoms with E-state index in [2.05, 4.69) is 10.1 Å². The summed E-state index contributed by atoms with van der Waals surface area (Å²) in [6.45, 7) is 0. The fourth-order valence-electron chi connectivity index (χ4n) is 3.02. The van der Waals surface area contributed by atoms with Gasteiger partial charge in [-0.1, -0.05) is 30.3 Å². The molecule has 0 saturated heterocycles. The first-order valence-electron chi connectivity index (χ1n) is 7.07. The van der Waals surface area contributed by atoms with Crippen molar-refractivity contribution in [3.8, 4) is 0 Å². The van der Waals surface area contributed by atoms with Gasteiger partial charge in [0.2, 0.25) is 0 Å². The monoisotopic (exact) mass is 305 g/mol. The summed E-state index contributed by atoms with van der Waals surface area (Å²) in [5.41, 5.74) is -0.738. The highest BCUT2D eigenvalue weighted by molar-refractivity contribution is 6.06. The largest absolute Gasteiger partial charge is 0.468 e. The van der Waals surface area contributed by atoms with E-state index in [1.165, 1.54) is 14.2 Å². The van der Waals surface area contributed by atoms with Crippen LogP contribution in [0.4, 0.5) is 4.79 Å². The van der Waals surface area contributed by atoms with Gasteiger partial charge in [0.1, 0.15) is 0 Å². The van der Waals surface area contributed by atoms with Crippen LogP contribution in [0, 0.1) is 5.41 Å². The van der Waals surface area contributed by atoms with Crippen LogP contribution in [-0.2, 0) is 19.1 Å². The van der Waals surface area contributed by atoms with Gasteiger partial charge in [-0.2, -0.15) is 0 Å². The number of hydrogen-bond acceptors (Lipinski definition) is 5. The van der Waals surface area contributed by atoms with Crippen molar-refractivity contribution >= 4 is 17.8 Å². The molecular weight excluding hydrogens is 286 g/mol. The normalized spacial score (nSPS) is 22.0.